The Hall–Kier alpha value is -1.83. The molecule has 0 aromatic carbocycles. The summed E-state index contributed by atoms with van der Waals surface area (Å²) < 4.78 is 54.1. The van der Waals surface area contributed by atoms with Crippen molar-refractivity contribution in [3.05, 3.63) is 17.9 Å². The average molecular weight is 889 g/mol. The minimum absolute atomic E-state index is 0.147. The zero-order chi connectivity index (χ0) is 44.8. The highest BCUT2D eigenvalue weighted by Gasteiger charge is 2.46. The Kier molecular flexibility index (Phi) is 36.2. The molecule has 1 aliphatic heterocycles. The van der Waals surface area contributed by atoms with Gasteiger partial charge in [-0.2, -0.15) is 8.42 Å². The van der Waals surface area contributed by atoms with Crippen LogP contribution >= 0.6 is 0 Å². The predicted molar refractivity (Wildman–Crippen MR) is 242 cm³/mol. The van der Waals surface area contributed by atoms with Crippen LogP contribution in [0, 0.1) is 0 Å². The number of aliphatic hydroxyl groups is 3. The van der Waals surface area contributed by atoms with Crippen LogP contribution in [-0.2, 0) is 38.7 Å². The van der Waals surface area contributed by atoms with Crippen molar-refractivity contribution in [2.24, 2.45) is 0 Å². The van der Waals surface area contributed by atoms with Crippen molar-refractivity contribution in [3.8, 4) is 0 Å². The van der Waals surface area contributed by atoms with Crippen LogP contribution in [-0.4, -0.2) is 96.0 Å². The lowest BCUT2D eigenvalue weighted by Crippen LogP contribution is -2.60. The van der Waals surface area contributed by atoms with Gasteiger partial charge in [-0.1, -0.05) is 168 Å². The van der Waals surface area contributed by atoms with Crippen LogP contribution in [0.15, 0.2) is 17.9 Å². The zero-order valence-corrected chi connectivity index (χ0v) is 39.1. The highest BCUT2D eigenvalue weighted by molar-refractivity contribution is 7.85. The lowest BCUT2D eigenvalue weighted by Gasteiger charge is -2.40. The van der Waals surface area contributed by atoms with Crippen LogP contribution in [0.2, 0.25) is 0 Å². The van der Waals surface area contributed by atoms with Gasteiger partial charge in [0.2, 0.25) is 0 Å². The molecule has 1 heterocycles. The summed E-state index contributed by atoms with van der Waals surface area (Å²) in [6.07, 6.45) is 30.3. The standard InChI is InChI=1S/C48H88O12S/c1-3-5-7-9-11-13-15-17-19-20-21-23-24-26-28-30-32-34-36-43(49)57-38-41(39-58-48-47(53)46(52)45(51)42(60-48)40-61(54,55)56)59-44(50)37-35-33-31-29-27-25-22-18-16-14-12-10-8-6-4-2/h16,22,41-42,45-48,51-53H,3-15,17,19-21,23-40H2,1-2H3,(H,54,55,56)/t18?,41-,42-,45-,46?,47?,48+/m1/s1. The van der Waals surface area contributed by atoms with Gasteiger partial charge in [-0.05, 0) is 50.7 Å². The second-order valence-corrected chi connectivity index (χ2v) is 18.7. The number of carbonyl (C=O) groups excluding carboxylic acids is 2. The molecule has 4 N–H and O–H groups in total. The molecule has 358 valence electrons. The first-order valence-electron chi connectivity index (χ1n) is 24.5. The molecule has 1 saturated heterocycles. The quantitative estimate of drug-likeness (QED) is 0.0197. The Morgan fingerprint density at radius 1 is 0.574 bits per heavy atom. The van der Waals surface area contributed by atoms with E-state index in [4.69, 9.17) is 18.9 Å². The minimum Gasteiger partial charge on any atom is -0.462 e. The molecule has 2 unspecified atom stereocenters. The van der Waals surface area contributed by atoms with Gasteiger partial charge in [0, 0.05) is 12.8 Å². The fraction of sp³-hybridized carbons (Fsp3) is 0.896. The average Bonchev–Trinajstić information content (AvgIpc) is 3.22. The monoisotopic (exact) mass is 889 g/mol. The second kappa shape index (κ2) is 38.6. The predicted octanol–water partition coefficient (Wildman–Crippen LogP) is 10.4. The number of aliphatic hydroxyl groups excluding tert-OH is 3. The number of allylic oxidation sites excluding steroid dienone is 1. The summed E-state index contributed by atoms with van der Waals surface area (Å²) in [6, 6.07) is 0. The van der Waals surface area contributed by atoms with Crippen LogP contribution in [0.4, 0.5) is 0 Å². The summed E-state index contributed by atoms with van der Waals surface area (Å²) in [5.74, 6) is -1.99. The smallest absolute Gasteiger partial charge is 0.306 e. The topological polar surface area (TPSA) is 186 Å². The van der Waals surface area contributed by atoms with E-state index in [9.17, 15) is 37.9 Å². The van der Waals surface area contributed by atoms with Crippen molar-refractivity contribution in [3.63, 3.8) is 0 Å². The normalized spacial score (nSPS) is 19.6. The Morgan fingerprint density at radius 3 is 1.43 bits per heavy atom. The van der Waals surface area contributed by atoms with Gasteiger partial charge >= 0.3 is 11.9 Å². The van der Waals surface area contributed by atoms with Gasteiger partial charge in [0.1, 0.15) is 36.8 Å². The maximum Gasteiger partial charge on any atom is 0.306 e. The number of hydrogen-bond donors (Lipinski definition) is 4. The number of ether oxygens (including phenoxy) is 4. The van der Waals surface area contributed by atoms with Gasteiger partial charge in [0.15, 0.2) is 12.4 Å². The third-order valence-corrected chi connectivity index (χ3v) is 12.1. The zero-order valence-electron chi connectivity index (χ0n) is 38.3. The molecule has 0 saturated carbocycles. The Balaban J connectivity index is 2.40. The fourth-order valence-corrected chi connectivity index (χ4v) is 8.23. The number of unbranched alkanes of at least 4 members (excludes halogenated alkanes) is 27. The first-order chi connectivity index (χ1) is 29.5. The highest BCUT2D eigenvalue weighted by atomic mass is 32.2. The molecule has 0 spiro atoms. The van der Waals surface area contributed by atoms with E-state index >= 15 is 0 Å². The van der Waals surface area contributed by atoms with Crippen molar-refractivity contribution < 1.29 is 56.8 Å². The van der Waals surface area contributed by atoms with Gasteiger partial charge in [-0.15, -0.1) is 5.73 Å². The van der Waals surface area contributed by atoms with Crippen LogP contribution in [0.1, 0.15) is 219 Å². The molecule has 6 atom stereocenters. The largest absolute Gasteiger partial charge is 0.462 e. The SMILES string of the molecule is CCCCCCCC=C=CCCCCCCCC(=O)O[C@H](COC(=O)CCCCCCCCCCCCCCCCCCCC)CO[C@H]1O[C@H](CS(=O)(=O)O)[C@@H](O)C(O)C1O. The van der Waals surface area contributed by atoms with E-state index in [2.05, 4.69) is 31.7 Å². The lowest BCUT2D eigenvalue weighted by molar-refractivity contribution is -0.297. The van der Waals surface area contributed by atoms with E-state index in [0.29, 0.717) is 12.8 Å². The van der Waals surface area contributed by atoms with Crippen molar-refractivity contribution >= 4 is 22.1 Å². The molecular weight excluding hydrogens is 801 g/mol. The second-order valence-electron chi connectivity index (χ2n) is 17.2. The third kappa shape index (κ3) is 33.4. The molecule has 0 amide bonds. The number of rotatable bonds is 41. The van der Waals surface area contributed by atoms with E-state index in [-0.39, 0.29) is 19.4 Å². The van der Waals surface area contributed by atoms with Crippen molar-refractivity contribution in [2.75, 3.05) is 19.0 Å². The molecule has 13 heteroatoms. The molecule has 0 aromatic rings. The van der Waals surface area contributed by atoms with Crippen molar-refractivity contribution in [2.45, 2.75) is 256 Å². The molecule has 0 radical (unpaired) electrons. The number of esters is 2. The maximum absolute atomic E-state index is 12.8. The van der Waals surface area contributed by atoms with E-state index < -0.39 is 71.2 Å². The molecule has 1 aliphatic rings. The van der Waals surface area contributed by atoms with Gasteiger partial charge < -0.3 is 34.3 Å². The summed E-state index contributed by atoms with van der Waals surface area (Å²) >= 11 is 0. The van der Waals surface area contributed by atoms with Gasteiger partial charge in [0.05, 0.1) is 6.61 Å². The first kappa shape index (κ1) is 57.2. The first-order valence-corrected chi connectivity index (χ1v) is 26.1. The van der Waals surface area contributed by atoms with E-state index in [1.54, 1.807) is 0 Å². The van der Waals surface area contributed by atoms with E-state index in [1.807, 2.05) is 0 Å². The third-order valence-electron chi connectivity index (χ3n) is 11.4. The molecule has 61 heavy (non-hydrogen) atoms. The van der Waals surface area contributed by atoms with Gasteiger partial charge in [-0.25, -0.2) is 0 Å². The van der Waals surface area contributed by atoms with Gasteiger partial charge in [0.25, 0.3) is 10.1 Å². The maximum atomic E-state index is 12.8. The summed E-state index contributed by atoms with van der Waals surface area (Å²) in [7, 11) is -4.60. The Labute approximate surface area is 370 Å². The molecule has 0 aromatic heterocycles. The fourth-order valence-electron chi connectivity index (χ4n) is 7.54. The van der Waals surface area contributed by atoms with E-state index in [0.717, 1.165) is 57.8 Å². The highest BCUT2D eigenvalue weighted by Crippen LogP contribution is 2.24. The molecule has 1 fully saturated rings. The van der Waals surface area contributed by atoms with Gasteiger partial charge in [-0.3, -0.25) is 14.1 Å². The molecular formula is C48H88O12S. The van der Waals surface area contributed by atoms with Crippen LogP contribution < -0.4 is 0 Å². The summed E-state index contributed by atoms with van der Waals surface area (Å²) in [6.45, 7) is 3.75. The Morgan fingerprint density at radius 2 is 0.984 bits per heavy atom. The van der Waals surface area contributed by atoms with Crippen molar-refractivity contribution in [1.29, 1.82) is 0 Å². The molecule has 0 bridgehead atoms. The molecule has 1 rings (SSSR count). The van der Waals surface area contributed by atoms with Crippen LogP contribution in [0.25, 0.3) is 0 Å². The van der Waals surface area contributed by atoms with E-state index in [1.165, 1.54) is 122 Å². The van der Waals surface area contributed by atoms with Crippen LogP contribution in [0.3, 0.4) is 0 Å². The van der Waals surface area contributed by atoms with Crippen molar-refractivity contribution in [1.82, 2.24) is 0 Å². The molecule has 0 aliphatic carbocycles. The Bertz CT molecular complexity index is 1240. The summed E-state index contributed by atoms with van der Waals surface area (Å²) in [5.41, 5.74) is 3.28. The summed E-state index contributed by atoms with van der Waals surface area (Å²) in [5, 5.41) is 30.9. The minimum atomic E-state index is -4.60. The summed E-state index contributed by atoms with van der Waals surface area (Å²) in [4.78, 5) is 25.5. The van der Waals surface area contributed by atoms with Crippen LogP contribution in [0.5, 0.6) is 0 Å². The lowest BCUT2D eigenvalue weighted by atomic mass is 10.00. The molecule has 12 nitrogen and oxygen atoms in total. The number of carbonyl (C=O) groups is 2. The number of hydrogen-bond acceptors (Lipinski definition) is 11.